The standard InChI is InChI=1S/C20H21N3O5S/c1-14-6-8-17(9-7-14)29(24,25)23-10-11-27-18(13-23)20-21-19(22-28-20)15-4-3-5-16(12-15)26-2/h3-9,12,18H,10-11,13H2,1-2H3/t18-/m1/s1. The highest BCUT2D eigenvalue weighted by Gasteiger charge is 2.34. The lowest BCUT2D eigenvalue weighted by atomic mass is 10.2. The Bertz CT molecular complexity index is 1100. The molecule has 0 bridgehead atoms. The summed E-state index contributed by atoms with van der Waals surface area (Å²) >= 11 is 0. The topological polar surface area (TPSA) is 94.8 Å². The molecule has 0 radical (unpaired) electrons. The molecule has 0 spiro atoms. The van der Waals surface area contributed by atoms with Gasteiger partial charge < -0.3 is 14.0 Å². The minimum absolute atomic E-state index is 0.107. The largest absolute Gasteiger partial charge is 0.497 e. The monoisotopic (exact) mass is 415 g/mol. The molecule has 152 valence electrons. The van der Waals surface area contributed by atoms with Gasteiger partial charge in [-0.2, -0.15) is 9.29 Å². The summed E-state index contributed by atoms with van der Waals surface area (Å²) in [6.07, 6.45) is -0.629. The van der Waals surface area contributed by atoms with E-state index in [1.807, 2.05) is 25.1 Å². The zero-order chi connectivity index (χ0) is 20.4. The molecule has 1 aliphatic heterocycles. The van der Waals surface area contributed by atoms with E-state index in [1.54, 1.807) is 37.4 Å². The number of hydrogen-bond donors (Lipinski definition) is 0. The van der Waals surface area contributed by atoms with Crippen molar-refractivity contribution in [1.82, 2.24) is 14.4 Å². The molecule has 1 fully saturated rings. The molecule has 9 heteroatoms. The molecular formula is C20H21N3O5S. The summed E-state index contributed by atoms with van der Waals surface area (Å²) in [5, 5.41) is 4.00. The zero-order valence-corrected chi connectivity index (χ0v) is 16.9. The Kier molecular flexibility index (Phi) is 5.35. The van der Waals surface area contributed by atoms with E-state index in [1.165, 1.54) is 4.31 Å². The van der Waals surface area contributed by atoms with E-state index in [4.69, 9.17) is 14.0 Å². The summed E-state index contributed by atoms with van der Waals surface area (Å²) in [5.41, 5.74) is 1.74. The van der Waals surface area contributed by atoms with Gasteiger partial charge in [-0.3, -0.25) is 0 Å². The molecule has 0 unspecified atom stereocenters. The van der Waals surface area contributed by atoms with E-state index in [9.17, 15) is 8.42 Å². The second kappa shape index (κ2) is 7.94. The fourth-order valence-corrected chi connectivity index (χ4v) is 4.52. The van der Waals surface area contributed by atoms with Crippen molar-refractivity contribution in [2.24, 2.45) is 0 Å². The summed E-state index contributed by atoms with van der Waals surface area (Å²) in [5.74, 6) is 1.31. The number of nitrogens with zero attached hydrogens (tertiary/aromatic N) is 3. The van der Waals surface area contributed by atoms with Gasteiger partial charge in [0.05, 0.1) is 18.6 Å². The van der Waals surface area contributed by atoms with Gasteiger partial charge in [-0.15, -0.1) is 0 Å². The van der Waals surface area contributed by atoms with Crippen molar-refractivity contribution in [3.63, 3.8) is 0 Å². The Morgan fingerprint density at radius 1 is 1.17 bits per heavy atom. The third kappa shape index (κ3) is 4.02. The first-order chi connectivity index (χ1) is 14.0. The van der Waals surface area contributed by atoms with Gasteiger partial charge in [0.1, 0.15) is 5.75 Å². The van der Waals surface area contributed by atoms with Crippen molar-refractivity contribution in [3.8, 4) is 17.1 Å². The summed E-state index contributed by atoms with van der Waals surface area (Å²) in [7, 11) is -2.04. The van der Waals surface area contributed by atoms with E-state index >= 15 is 0 Å². The SMILES string of the molecule is COc1cccc(-c2noc([C@H]3CN(S(=O)(=O)c4ccc(C)cc4)CCO3)n2)c1. The van der Waals surface area contributed by atoms with Gasteiger partial charge in [-0.25, -0.2) is 8.42 Å². The number of sulfonamides is 1. The highest BCUT2D eigenvalue weighted by Crippen LogP contribution is 2.28. The van der Waals surface area contributed by atoms with Crippen LogP contribution in [0, 0.1) is 6.92 Å². The Balaban J connectivity index is 1.54. The Morgan fingerprint density at radius 3 is 2.72 bits per heavy atom. The number of rotatable bonds is 5. The van der Waals surface area contributed by atoms with Crippen LogP contribution >= 0.6 is 0 Å². The minimum Gasteiger partial charge on any atom is -0.497 e. The van der Waals surface area contributed by atoms with Crippen molar-refractivity contribution in [1.29, 1.82) is 0 Å². The number of ether oxygens (including phenoxy) is 2. The predicted octanol–water partition coefficient (Wildman–Crippen LogP) is 2.82. The van der Waals surface area contributed by atoms with Gasteiger partial charge in [-0.1, -0.05) is 35.0 Å². The molecule has 1 saturated heterocycles. The van der Waals surface area contributed by atoms with E-state index in [0.717, 1.165) is 11.1 Å². The second-order valence-corrected chi connectivity index (χ2v) is 8.66. The van der Waals surface area contributed by atoms with Crippen LogP contribution in [0.2, 0.25) is 0 Å². The summed E-state index contributed by atoms with van der Waals surface area (Å²) < 4.78 is 43.6. The molecular weight excluding hydrogens is 394 g/mol. The summed E-state index contributed by atoms with van der Waals surface area (Å²) in [6, 6.07) is 14.1. The van der Waals surface area contributed by atoms with Gasteiger partial charge in [0, 0.05) is 18.7 Å². The molecule has 3 aromatic rings. The molecule has 0 N–H and O–H groups in total. The van der Waals surface area contributed by atoms with Crippen LogP contribution in [-0.2, 0) is 14.8 Å². The third-order valence-corrected chi connectivity index (χ3v) is 6.61. The minimum atomic E-state index is -3.63. The number of aryl methyl sites for hydroxylation is 1. The van der Waals surface area contributed by atoms with Crippen LogP contribution < -0.4 is 4.74 Å². The van der Waals surface area contributed by atoms with Crippen LogP contribution in [-0.4, -0.2) is 49.7 Å². The third-order valence-electron chi connectivity index (χ3n) is 4.73. The normalized spacial score (nSPS) is 17.9. The van der Waals surface area contributed by atoms with Gasteiger partial charge in [0.25, 0.3) is 5.89 Å². The average molecular weight is 415 g/mol. The highest BCUT2D eigenvalue weighted by molar-refractivity contribution is 7.89. The van der Waals surface area contributed by atoms with Gasteiger partial charge in [0.2, 0.25) is 15.8 Å². The lowest BCUT2D eigenvalue weighted by Gasteiger charge is -2.30. The van der Waals surface area contributed by atoms with E-state index in [2.05, 4.69) is 10.1 Å². The number of aromatic nitrogens is 2. The Morgan fingerprint density at radius 2 is 1.97 bits per heavy atom. The maximum atomic E-state index is 13.0. The molecule has 0 saturated carbocycles. The van der Waals surface area contributed by atoms with Crippen LogP contribution in [0.4, 0.5) is 0 Å². The van der Waals surface area contributed by atoms with Gasteiger partial charge >= 0.3 is 0 Å². The highest BCUT2D eigenvalue weighted by atomic mass is 32.2. The lowest BCUT2D eigenvalue weighted by Crippen LogP contribution is -2.42. The summed E-state index contributed by atoms with van der Waals surface area (Å²) in [4.78, 5) is 4.66. The maximum Gasteiger partial charge on any atom is 0.257 e. The fraction of sp³-hybridized carbons (Fsp3) is 0.300. The van der Waals surface area contributed by atoms with Gasteiger partial charge in [0.15, 0.2) is 6.10 Å². The van der Waals surface area contributed by atoms with Crippen LogP contribution in [0.15, 0.2) is 57.9 Å². The molecule has 2 heterocycles. The maximum absolute atomic E-state index is 13.0. The molecule has 2 aromatic carbocycles. The number of hydrogen-bond acceptors (Lipinski definition) is 7. The average Bonchev–Trinajstić information content (AvgIpc) is 3.25. The number of benzene rings is 2. The molecule has 4 rings (SSSR count). The Labute approximate surface area is 169 Å². The second-order valence-electron chi connectivity index (χ2n) is 6.72. The fourth-order valence-electron chi connectivity index (χ4n) is 3.10. The molecule has 1 aliphatic rings. The van der Waals surface area contributed by atoms with Crippen molar-refractivity contribution in [2.45, 2.75) is 17.9 Å². The number of morpholine rings is 1. The molecule has 8 nitrogen and oxygen atoms in total. The first kappa shape index (κ1) is 19.6. The molecule has 0 amide bonds. The van der Waals surface area contributed by atoms with Crippen molar-refractivity contribution in [2.75, 3.05) is 26.8 Å². The molecule has 0 aliphatic carbocycles. The smallest absolute Gasteiger partial charge is 0.257 e. The Hall–Kier alpha value is -2.75. The lowest BCUT2D eigenvalue weighted by molar-refractivity contribution is -0.0199. The first-order valence-corrected chi connectivity index (χ1v) is 10.6. The van der Waals surface area contributed by atoms with E-state index < -0.39 is 16.1 Å². The first-order valence-electron chi connectivity index (χ1n) is 9.14. The molecule has 29 heavy (non-hydrogen) atoms. The molecule has 1 atom stereocenters. The van der Waals surface area contributed by atoms with E-state index in [-0.39, 0.29) is 30.5 Å². The van der Waals surface area contributed by atoms with Crippen molar-refractivity contribution >= 4 is 10.0 Å². The summed E-state index contributed by atoms with van der Waals surface area (Å²) in [6.45, 7) is 2.53. The quantitative estimate of drug-likeness (QED) is 0.632. The molecule has 1 aromatic heterocycles. The van der Waals surface area contributed by atoms with Crippen LogP contribution in [0.3, 0.4) is 0 Å². The van der Waals surface area contributed by atoms with E-state index in [0.29, 0.717) is 11.6 Å². The zero-order valence-electron chi connectivity index (χ0n) is 16.1. The van der Waals surface area contributed by atoms with Crippen LogP contribution in [0.1, 0.15) is 17.6 Å². The van der Waals surface area contributed by atoms with Crippen LogP contribution in [0.25, 0.3) is 11.4 Å². The number of methoxy groups -OCH3 is 1. The van der Waals surface area contributed by atoms with Crippen LogP contribution in [0.5, 0.6) is 5.75 Å². The van der Waals surface area contributed by atoms with Crippen molar-refractivity contribution in [3.05, 3.63) is 60.0 Å². The van der Waals surface area contributed by atoms with Gasteiger partial charge in [-0.05, 0) is 31.2 Å². The predicted molar refractivity (Wildman–Crippen MR) is 105 cm³/mol. The van der Waals surface area contributed by atoms with Crippen molar-refractivity contribution < 1.29 is 22.4 Å².